The van der Waals surface area contributed by atoms with Crippen molar-refractivity contribution >= 4 is 75.4 Å². The molecule has 2 aromatic carbocycles. The number of urea groups is 1. The number of para-hydroxylation sites is 1. The third-order valence-corrected chi connectivity index (χ3v) is 6.56. The fraction of sp³-hybridized carbons (Fsp3) is 0.118. The standard InChI is InChI=1S/C17H10Cl5N3O3/c18-7-8(19)10(21)12(11(22)9(7)20)24-17(27)25-13-14(26)16-23-6-4-2-1-3-5(6)15(13)28-16/h1-4,15-16,23,26H,(H2,24,25,27). The summed E-state index contributed by atoms with van der Waals surface area (Å²) in [6, 6.07) is 6.63. The average molecular weight is 482 g/mol. The summed E-state index contributed by atoms with van der Waals surface area (Å²) in [7, 11) is 0. The highest BCUT2D eigenvalue weighted by Gasteiger charge is 2.41. The Morgan fingerprint density at radius 1 is 0.964 bits per heavy atom. The first kappa shape index (κ1) is 19.8. The zero-order chi connectivity index (χ0) is 20.2. The van der Waals surface area contributed by atoms with Crippen molar-refractivity contribution in [1.29, 1.82) is 0 Å². The van der Waals surface area contributed by atoms with E-state index in [2.05, 4.69) is 16.0 Å². The third-order valence-electron chi connectivity index (χ3n) is 4.29. The lowest BCUT2D eigenvalue weighted by atomic mass is 10.1. The Hall–Kier alpha value is -1.54. The van der Waals surface area contributed by atoms with E-state index in [0.717, 1.165) is 11.3 Å². The van der Waals surface area contributed by atoms with Gasteiger partial charge in [0.2, 0.25) is 0 Å². The number of fused-ring (bicyclic) bond motifs is 4. The van der Waals surface area contributed by atoms with Gasteiger partial charge in [0, 0.05) is 11.3 Å². The van der Waals surface area contributed by atoms with Gasteiger partial charge >= 0.3 is 6.03 Å². The van der Waals surface area contributed by atoms with Crippen LogP contribution in [0.3, 0.4) is 0 Å². The van der Waals surface area contributed by atoms with E-state index in [4.69, 9.17) is 62.7 Å². The zero-order valence-electron chi connectivity index (χ0n) is 13.6. The van der Waals surface area contributed by atoms with Gasteiger partial charge in [-0.1, -0.05) is 76.2 Å². The highest BCUT2D eigenvalue weighted by atomic mass is 35.5. The maximum atomic E-state index is 12.5. The summed E-state index contributed by atoms with van der Waals surface area (Å²) in [5.74, 6) is -0.138. The molecular formula is C17H10Cl5N3O3. The average Bonchev–Trinajstić information content (AvgIpc) is 2.93. The van der Waals surface area contributed by atoms with Crippen LogP contribution in [0.15, 0.2) is 35.7 Å². The van der Waals surface area contributed by atoms with Gasteiger partial charge in [0.15, 0.2) is 12.0 Å². The molecule has 0 fully saturated rings. The van der Waals surface area contributed by atoms with E-state index in [0.29, 0.717) is 0 Å². The van der Waals surface area contributed by atoms with Crippen molar-refractivity contribution in [3.63, 3.8) is 0 Å². The van der Waals surface area contributed by atoms with Crippen LogP contribution in [0, 0.1) is 0 Å². The Balaban J connectivity index is 1.61. The normalized spacial score (nSPS) is 19.9. The molecule has 146 valence electrons. The molecule has 2 heterocycles. The molecule has 0 aromatic heterocycles. The predicted molar refractivity (Wildman–Crippen MR) is 111 cm³/mol. The summed E-state index contributed by atoms with van der Waals surface area (Å²) in [5, 5.41) is 18.3. The number of hydrogen-bond donors (Lipinski definition) is 4. The molecule has 28 heavy (non-hydrogen) atoms. The first-order valence-electron chi connectivity index (χ1n) is 7.83. The van der Waals surface area contributed by atoms with Crippen LogP contribution in [-0.2, 0) is 4.74 Å². The molecule has 0 radical (unpaired) electrons. The minimum atomic E-state index is -0.762. The van der Waals surface area contributed by atoms with Crippen molar-refractivity contribution in [2.45, 2.75) is 12.3 Å². The Morgan fingerprint density at radius 2 is 1.57 bits per heavy atom. The second-order valence-electron chi connectivity index (χ2n) is 5.95. The minimum Gasteiger partial charge on any atom is -0.506 e. The monoisotopic (exact) mass is 479 g/mol. The molecule has 2 aliphatic rings. The van der Waals surface area contributed by atoms with Crippen molar-refractivity contribution in [3.8, 4) is 0 Å². The van der Waals surface area contributed by atoms with Crippen LogP contribution in [0.5, 0.6) is 0 Å². The lowest BCUT2D eigenvalue weighted by Crippen LogP contribution is -2.31. The number of aliphatic hydroxyl groups is 1. The number of carbonyl (C=O) groups is 1. The van der Waals surface area contributed by atoms with Gasteiger partial charge in [-0.2, -0.15) is 0 Å². The van der Waals surface area contributed by atoms with Crippen LogP contribution >= 0.6 is 58.0 Å². The van der Waals surface area contributed by atoms with Crippen LogP contribution < -0.4 is 16.0 Å². The second kappa shape index (κ2) is 7.37. The van der Waals surface area contributed by atoms with E-state index in [1.807, 2.05) is 24.3 Å². The van der Waals surface area contributed by atoms with E-state index >= 15 is 0 Å². The first-order chi connectivity index (χ1) is 13.3. The number of carbonyl (C=O) groups excluding carboxylic acids is 1. The zero-order valence-corrected chi connectivity index (χ0v) is 17.4. The van der Waals surface area contributed by atoms with Crippen molar-refractivity contribution in [1.82, 2.24) is 5.32 Å². The number of halogens is 5. The molecule has 6 nitrogen and oxygen atoms in total. The summed E-state index contributed by atoms with van der Waals surface area (Å²) in [5.41, 5.74) is 1.75. The van der Waals surface area contributed by atoms with Gasteiger partial charge in [0.05, 0.1) is 36.5 Å². The topological polar surface area (TPSA) is 82.6 Å². The third kappa shape index (κ3) is 3.14. The molecule has 2 unspecified atom stereocenters. The van der Waals surface area contributed by atoms with Crippen molar-refractivity contribution in [3.05, 3.63) is 66.4 Å². The molecule has 2 amide bonds. The number of hydrogen-bond acceptors (Lipinski definition) is 4. The summed E-state index contributed by atoms with van der Waals surface area (Å²) >= 11 is 30.2. The quantitative estimate of drug-likeness (QED) is 0.297. The summed E-state index contributed by atoms with van der Waals surface area (Å²) in [4.78, 5) is 12.5. The Bertz CT molecular complexity index is 1010. The summed E-state index contributed by atoms with van der Waals surface area (Å²) in [6.45, 7) is 0. The van der Waals surface area contributed by atoms with Crippen molar-refractivity contribution in [2.24, 2.45) is 0 Å². The molecule has 2 bridgehead atoms. The number of anilines is 2. The van der Waals surface area contributed by atoms with Crippen LogP contribution in [0.2, 0.25) is 25.1 Å². The van der Waals surface area contributed by atoms with Gasteiger partial charge in [0.1, 0.15) is 6.10 Å². The molecule has 11 heteroatoms. The van der Waals surface area contributed by atoms with Crippen LogP contribution in [0.4, 0.5) is 16.2 Å². The molecule has 4 rings (SSSR count). The van der Waals surface area contributed by atoms with Gasteiger partial charge in [-0.15, -0.1) is 0 Å². The Labute approximate surface area is 184 Å². The SMILES string of the molecule is O=C(NC1=C(O)C2Nc3ccccc3C1O2)Nc1c(Cl)c(Cl)c(Cl)c(Cl)c1Cl. The number of aliphatic hydroxyl groups excluding tert-OH is 1. The largest absolute Gasteiger partial charge is 0.506 e. The first-order valence-corrected chi connectivity index (χ1v) is 9.72. The number of rotatable bonds is 2. The Morgan fingerprint density at radius 3 is 2.25 bits per heavy atom. The van der Waals surface area contributed by atoms with Crippen molar-refractivity contribution in [2.75, 3.05) is 10.6 Å². The fourth-order valence-corrected chi connectivity index (χ4v) is 4.22. The smallest absolute Gasteiger partial charge is 0.323 e. The second-order valence-corrected chi connectivity index (χ2v) is 7.84. The van der Waals surface area contributed by atoms with E-state index in [-0.39, 0.29) is 42.3 Å². The van der Waals surface area contributed by atoms with Gasteiger partial charge in [-0.05, 0) is 6.07 Å². The Kier molecular flexibility index (Phi) is 5.20. The molecule has 2 aromatic rings. The molecule has 0 spiro atoms. The maximum absolute atomic E-state index is 12.5. The number of amides is 2. The van der Waals surface area contributed by atoms with Crippen LogP contribution in [0.1, 0.15) is 11.7 Å². The van der Waals surface area contributed by atoms with Crippen LogP contribution in [0.25, 0.3) is 0 Å². The molecule has 0 aliphatic carbocycles. The highest BCUT2D eigenvalue weighted by molar-refractivity contribution is 6.56. The van der Waals surface area contributed by atoms with Gasteiger partial charge < -0.3 is 25.8 Å². The number of benzene rings is 2. The van der Waals surface area contributed by atoms with E-state index in [1.165, 1.54) is 0 Å². The minimum absolute atomic E-state index is 0.0132. The fourth-order valence-electron chi connectivity index (χ4n) is 2.98. The summed E-state index contributed by atoms with van der Waals surface area (Å²) in [6.07, 6.45) is -1.40. The molecule has 2 atom stereocenters. The molecule has 4 N–H and O–H groups in total. The van der Waals surface area contributed by atoms with E-state index < -0.39 is 18.4 Å². The lowest BCUT2D eigenvalue weighted by molar-refractivity contribution is 0.0450. The van der Waals surface area contributed by atoms with Gasteiger partial charge in [0.25, 0.3) is 0 Å². The summed E-state index contributed by atoms with van der Waals surface area (Å²) < 4.78 is 5.71. The van der Waals surface area contributed by atoms with Gasteiger partial charge in [-0.3, -0.25) is 0 Å². The van der Waals surface area contributed by atoms with Crippen LogP contribution in [-0.4, -0.2) is 17.4 Å². The van der Waals surface area contributed by atoms with E-state index in [9.17, 15) is 9.90 Å². The molecule has 2 aliphatic heterocycles. The number of ether oxygens (including phenoxy) is 1. The van der Waals surface area contributed by atoms with E-state index in [1.54, 1.807) is 0 Å². The molecule has 0 saturated heterocycles. The predicted octanol–water partition coefficient (Wildman–Crippen LogP) is 6.37. The highest BCUT2D eigenvalue weighted by Crippen LogP contribution is 2.47. The van der Waals surface area contributed by atoms with Gasteiger partial charge in [-0.25, -0.2) is 4.79 Å². The van der Waals surface area contributed by atoms with Crippen molar-refractivity contribution < 1.29 is 14.6 Å². The lowest BCUT2D eigenvalue weighted by Gasteiger charge is -2.26. The molecular weight excluding hydrogens is 471 g/mol. The molecule has 0 saturated carbocycles. The number of nitrogens with one attached hydrogen (secondary N) is 3. The maximum Gasteiger partial charge on any atom is 0.323 e.